The van der Waals surface area contributed by atoms with E-state index >= 15 is 0 Å². The summed E-state index contributed by atoms with van der Waals surface area (Å²) < 4.78 is 6.64. The molecule has 2 atom stereocenters. The van der Waals surface area contributed by atoms with Crippen LogP contribution in [0.3, 0.4) is 0 Å². The minimum absolute atomic E-state index is 0.0397. The molecule has 7 heteroatoms. The van der Waals surface area contributed by atoms with Gasteiger partial charge in [0.1, 0.15) is 5.82 Å². The number of likely N-dealkylation sites (tertiary alicyclic amines) is 1. The van der Waals surface area contributed by atoms with Crippen molar-refractivity contribution in [2.24, 2.45) is 5.92 Å². The summed E-state index contributed by atoms with van der Waals surface area (Å²) in [6.07, 6.45) is 20.3. The SMILES string of the molecule is CC(C)CC(=O)N1CCCC1c1ncc(-c2ccc(C3=CC=C(c4cnc[nH]4)CC3)c3c2CCCC32CCCO2)[nH]1. The Bertz CT molecular complexity index is 1490. The Morgan fingerprint density at radius 3 is 2.63 bits per heavy atom. The van der Waals surface area contributed by atoms with E-state index in [1.54, 1.807) is 6.33 Å². The first-order chi connectivity index (χ1) is 20.0. The van der Waals surface area contributed by atoms with Gasteiger partial charge in [-0.2, -0.15) is 0 Å². The number of allylic oxidation sites excluding steroid dienone is 4. The molecule has 2 saturated heterocycles. The summed E-state index contributed by atoms with van der Waals surface area (Å²) in [6, 6.07) is 4.67. The van der Waals surface area contributed by atoms with Crippen molar-refractivity contribution in [2.75, 3.05) is 13.2 Å². The maximum absolute atomic E-state index is 13.0. The first-order valence-corrected chi connectivity index (χ1v) is 15.6. The average Bonchev–Trinajstić information content (AvgIpc) is 3.79. The molecule has 2 unspecified atom stereocenters. The molecule has 2 fully saturated rings. The molecule has 214 valence electrons. The molecular weight excluding hydrogens is 510 g/mol. The van der Waals surface area contributed by atoms with Crippen molar-refractivity contribution in [3.8, 4) is 11.3 Å². The van der Waals surface area contributed by atoms with Crippen LogP contribution in [0.15, 0.2) is 43.0 Å². The number of benzene rings is 1. The number of hydrogen-bond donors (Lipinski definition) is 2. The molecule has 2 aromatic heterocycles. The van der Waals surface area contributed by atoms with Gasteiger partial charge in [-0.1, -0.05) is 38.1 Å². The second kappa shape index (κ2) is 10.8. The highest BCUT2D eigenvalue weighted by Crippen LogP contribution is 2.51. The molecule has 1 amide bonds. The van der Waals surface area contributed by atoms with E-state index in [1.165, 1.54) is 33.4 Å². The Labute approximate surface area is 242 Å². The van der Waals surface area contributed by atoms with Gasteiger partial charge in [-0.25, -0.2) is 9.97 Å². The van der Waals surface area contributed by atoms with Gasteiger partial charge in [0, 0.05) is 25.1 Å². The standard InChI is InChI=1S/C34H41N5O2/c1-22(2)18-31(40)39-16-4-7-30(39)33-36-20-29(38-33)26-13-12-25(23-8-10-24(11-9-23)28-19-35-21-37-28)32-27(26)6-3-14-34(32)15-5-17-41-34/h8,10,12-13,19-22,30H,3-7,9,11,14-18H2,1-2H3,(H,35,37)(H,36,38). The highest BCUT2D eigenvalue weighted by molar-refractivity contribution is 5.82. The third kappa shape index (κ3) is 4.78. The zero-order valence-corrected chi connectivity index (χ0v) is 24.3. The molecule has 0 radical (unpaired) electrons. The number of amides is 1. The van der Waals surface area contributed by atoms with Crippen LogP contribution in [0.4, 0.5) is 0 Å². The predicted octanol–water partition coefficient (Wildman–Crippen LogP) is 7.11. The molecule has 4 heterocycles. The number of H-pyrrole nitrogens is 2. The molecule has 3 aromatic rings. The molecule has 2 N–H and O–H groups in total. The van der Waals surface area contributed by atoms with Crippen molar-refractivity contribution in [1.29, 1.82) is 0 Å². The molecular formula is C34H41N5O2. The smallest absolute Gasteiger partial charge is 0.223 e. The Morgan fingerprint density at radius 1 is 1.05 bits per heavy atom. The first kappa shape index (κ1) is 26.4. The number of hydrogen-bond acceptors (Lipinski definition) is 4. The molecule has 1 spiro atoms. The lowest BCUT2D eigenvalue weighted by Gasteiger charge is -2.38. The van der Waals surface area contributed by atoms with E-state index in [4.69, 9.17) is 9.72 Å². The first-order valence-electron chi connectivity index (χ1n) is 15.6. The zero-order valence-electron chi connectivity index (χ0n) is 24.3. The highest BCUT2D eigenvalue weighted by atomic mass is 16.5. The Balaban J connectivity index is 1.26. The minimum Gasteiger partial charge on any atom is -0.370 e. The van der Waals surface area contributed by atoms with Crippen molar-refractivity contribution in [3.05, 3.63) is 71.2 Å². The number of carbonyl (C=O) groups excluding carboxylic acids is 1. The number of imidazole rings is 2. The molecule has 2 aliphatic heterocycles. The van der Waals surface area contributed by atoms with Crippen LogP contribution in [0, 0.1) is 5.92 Å². The summed E-state index contributed by atoms with van der Waals surface area (Å²) in [5.41, 5.74) is 10.1. The van der Waals surface area contributed by atoms with Crippen LogP contribution in [-0.4, -0.2) is 43.9 Å². The van der Waals surface area contributed by atoms with Gasteiger partial charge < -0.3 is 19.6 Å². The number of fused-ring (bicyclic) bond motifs is 2. The van der Waals surface area contributed by atoms with E-state index in [1.807, 2.05) is 17.3 Å². The van der Waals surface area contributed by atoms with E-state index in [2.05, 4.69) is 53.1 Å². The van der Waals surface area contributed by atoms with Crippen LogP contribution < -0.4 is 0 Å². The van der Waals surface area contributed by atoms with Gasteiger partial charge in [-0.05, 0) is 91.5 Å². The largest absolute Gasteiger partial charge is 0.370 e. The van der Waals surface area contributed by atoms with Gasteiger partial charge in [0.25, 0.3) is 0 Å². The molecule has 7 nitrogen and oxygen atoms in total. The van der Waals surface area contributed by atoms with Crippen molar-refractivity contribution in [2.45, 2.75) is 89.7 Å². The Kier molecular flexibility index (Phi) is 6.93. The average molecular weight is 552 g/mol. The molecule has 4 aliphatic rings. The van der Waals surface area contributed by atoms with Crippen LogP contribution in [0.25, 0.3) is 22.4 Å². The van der Waals surface area contributed by atoms with Crippen molar-refractivity contribution >= 4 is 17.1 Å². The van der Waals surface area contributed by atoms with Crippen LogP contribution in [0.5, 0.6) is 0 Å². The fourth-order valence-corrected chi connectivity index (χ4v) is 7.69. The molecule has 7 rings (SSSR count). The monoisotopic (exact) mass is 551 g/mol. The van der Waals surface area contributed by atoms with E-state index in [-0.39, 0.29) is 17.6 Å². The van der Waals surface area contributed by atoms with Crippen LogP contribution >= 0.6 is 0 Å². The van der Waals surface area contributed by atoms with Gasteiger partial charge >= 0.3 is 0 Å². The number of nitrogens with one attached hydrogen (secondary N) is 2. The predicted molar refractivity (Wildman–Crippen MR) is 161 cm³/mol. The van der Waals surface area contributed by atoms with E-state index in [0.29, 0.717) is 12.3 Å². The molecule has 41 heavy (non-hydrogen) atoms. The zero-order chi connectivity index (χ0) is 28.0. The fraction of sp³-hybridized carbons (Fsp3) is 0.500. The fourth-order valence-electron chi connectivity index (χ4n) is 7.69. The van der Waals surface area contributed by atoms with Gasteiger partial charge in [-0.3, -0.25) is 4.79 Å². The topological polar surface area (TPSA) is 86.9 Å². The molecule has 0 bridgehead atoms. The van der Waals surface area contributed by atoms with Gasteiger partial charge in [0.2, 0.25) is 5.91 Å². The lowest BCUT2D eigenvalue weighted by atomic mass is 9.71. The van der Waals surface area contributed by atoms with Crippen molar-refractivity contribution in [3.63, 3.8) is 0 Å². The summed E-state index contributed by atoms with van der Waals surface area (Å²) in [5.74, 6) is 1.52. The maximum Gasteiger partial charge on any atom is 0.223 e. The van der Waals surface area contributed by atoms with E-state index < -0.39 is 0 Å². The summed E-state index contributed by atoms with van der Waals surface area (Å²) in [6.45, 7) is 5.88. The van der Waals surface area contributed by atoms with Crippen LogP contribution in [-0.2, 0) is 21.6 Å². The van der Waals surface area contributed by atoms with Crippen LogP contribution in [0.2, 0.25) is 0 Å². The number of ether oxygens (including phenoxy) is 1. The summed E-state index contributed by atoms with van der Waals surface area (Å²) in [5, 5.41) is 0. The van der Waals surface area contributed by atoms with Gasteiger partial charge in [0.05, 0.1) is 41.8 Å². The number of aromatic nitrogens is 4. The maximum atomic E-state index is 13.0. The highest BCUT2D eigenvalue weighted by Gasteiger charge is 2.43. The van der Waals surface area contributed by atoms with Crippen molar-refractivity contribution in [1.82, 2.24) is 24.8 Å². The summed E-state index contributed by atoms with van der Waals surface area (Å²) in [4.78, 5) is 31.0. The summed E-state index contributed by atoms with van der Waals surface area (Å²) >= 11 is 0. The number of rotatable bonds is 6. The second-order valence-electron chi connectivity index (χ2n) is 12.7. The van der Waals surface area contributed by atoms with Gasteiger partial charge in [0.15, 0.2) is 0 Å². The Hall–Kier alpha value is -3.45. The third-order valence-corrected chi connectivity index (χ3v) is 9.58. The lowest BCUT2D eigenvalue weighted by Crippen LogP contribution is -2.32. The van der Waals surface area contributed by atoms with E-state index in [9.17, 15) is 4.79 Å². The molecule has 2 aliphatic carbocycles. The molecule has 0 saturated carbocycles. The van der Waals surface area contributed by atoms with E-state index in [0.717, 1.165) is 88.2 Å². The normalized spacial score (nSPS) is 24.2. The van der Waals surface area contributed by atoms with Crippen molar-refractivity contribution < 1.29 is 9.53 Å². The third-order valence-electron chi connectivity index (χ3n) is 9.58. The lowest BCUT2D eigenvalue weighted by molar-refractivity contribution is -0.133. The summed E-state index contributed by atoms with van der Waals surface area (Å²) in [7, 11) is 0. The quantitative estimate of drug-likeness (QED) is 0.342. The molecule has 1 aromatic carbocycles. The van der Waals surface area contributed by atoms with Gasteiger partial charge in [-0.15, -0.1) is 0 Å². The second-order valence-corrected chi connectivity index (χ2v) is 12.7. The number of carbonyl (C=O) groups is 1. The minimum atomic E-state index is -0.193. The number of nitrogens with zero attached hydrogens (tertiary/aromatic N) is 3. The number of aromatic amines is 2. The Morgan fingerprint density at radius 2 is 1.88 bits per heavy atom. The van der Waals surface area contributed by atoms with Crippen LogP contribution in [0.1, 0.15) is 106 Å².